The molecule has 0 unspecified atom stereocenters. The van der Waals surface area contributed by atoms with Crippen LogP contribution in [0.5, 0.6) is 11.5 Å². The maximum Gasteiger partial charge on any atom is 0.410 e. The number of carbonyl (C=O) groups excluding carboxylic acids is 1. The second-order valence-corrected chi connectivity index (χ2v) is 6.91. The van der Waals surface area contributed by atoms with Crippen LogP contribution in [-0.4, -0.2) is 45.9 Å². The number of hydrogen-bond acceptors (Lipinski definition) is 5. The topological polar surface area (TPSA) is 82.0 Å². The number of phenols is 2. The van der Waals surface area contributed by atoms with Crippen LogP contribution in [0.4, 0.5) is 4.79 Å². The third-order valence-electron chi connectivity index (χ3n) is 3.83. The molecule has 6 heteroatoms. The molecule has 3 N–H and O–H groups in total. The molecule has 1 heterocycles. The molecule has 1 fully saturated rings. The van der Waals surface area contributed by atoms with Crippen molar-refractivity contribution in [3.63, 3.8) is 0 Å². The van der Waals surface area contributed by atoms with Crippen LogP contribution < -0.4 is 5.32 Å². The Labute approximate surface area is 137 Å². The first-order valence-electron chi connectivity index (χ1n) is 7.97. The molecule has 128 valence electrons. The molecule has 1 aliphatic heterocycles. The number of benzene rings is 1. The van der Waals surface area contributed by atoms with Gasteiger partial charge in [-0.15, -0.1) is 0 Å². The molecule has 1 aromatic rings. The van der Waals surface area contributed by atoms with Gasteiger partial charge in [0.1, 0.15) is 5.60 Å². The van der Waals surface area contributed by atoms with E-state index in [0.29, 0.717) is 25.2 Å². The normalized spacial score (nSPS) is 16.4. The summed E-state index contributed by atoms with van der Waals surface area (Å²) in [5.41, 5.74) is 0.193. The first-order chi connectivity index (χ1) is 10.8. The Balaban J connectivity index is 1.79. The number of para-hydroxylation sites is 1. The summed E-state index contributed by atoms with van der Waals surface area (Å²) >= 11 is 0. The minimum atomic E-state index is -0.473. The van der Waals surface area contributed by atoms with Gasteiger partial charge in [-0.05, 0) is 39.7 Å². The molecule has 0 aliphatic carbocycles. The summed E-state index contributed by atoms with van der Waals surface area (Å²) in [5.74, 6) is -0.185. The van der Waals surface area contributed by atoms with Gasteiger partial charge in [-0.25, -0.2) is 4.79 Å². The number of rotatable bonds is 3. The van der Waals surface area contributed by atoms with E-state index in [0.717, 1.165) is 12.8 Å². The van der Waals surface area contributed by atoms with E-state index in [-0.39, 0.29) is 23.6 Å². The van der Waals surface area contributed by atoms with Crippen LogP contribution >= 0.6 is 0 Å². The Morgan fingerprint density at radius 2 is 1.96 bits per heavy atom. The van der Waals surface area contributed by atoms with E-state index >= 15 is 0 Å². The Hall–Kier alpha value is -1.95. The second kappa shape index (κ2) is 7.08. The molecule has 0 radical (unpaired) electrons. The van der Waals surface area contributed by atoms with Gasteiger partial charge in [0.05, 0.1) is 0 Å². The monoisotopic (exact) mass is 322 g/mol. The van der Waals surface area contributed by atoms with E-state index < -0.39 is 5.60 Å². The molecule has 1 amide bonds. The number of likely N-dealkylation sites (tertiary alicyclic amines) is 1. The van der Waals surface area contributed by atoms with Gasteiger partial charge in [-0.3, -0.25) is 0 Å². The molecule has 0 saturated carbocycles. The molecular weight excluding hydrogens is 296 g/mol. The van der Waals surface area contributed by atoms with Crippen LogP contribution in [0, 0.1) is 0 Å². The fourth-order valence-electron chi connectivity index (χ4n) is 2.57. The highest BCUT2D eigenvalue weighted by molar-refractivity contribution is 5.68. The van der Waals surface area contributed by atoms with E-state index in [9.17, 15) is 15.0 Å². The number of piperidine rings is 1. The fraction of sp³-hybridized carbons (Fsp3) is 0.588. The van der Waals surface area contributed by atoms with Gasteiger partial charge in [0, 0.05) is 31.2 Å². The van der Waals surface area contributed by atoms with Crippen LogP contribution in [0.3, 0.4) is 0 Å². The van der Waals surface area contributed by atoms with Crippen molar-refractivity contribution >= 4 is 6.09 Å². The molecule has 0 aromatic heterocycles. The molecule has 0 bridgehead atoms. The lowest BCUT2D eigenvalue weighted by Gasteiger charge is -2.33. The van der Waals surface area contributed by atoms with E-state index in [1.54, 1.807) is 17.0 Å². The number of nitrogens with zero attached hydrogens (tertiary/aromatic N) is 1. The maximum absolute atomic E-state index is 12.0. The summed E-state index contributed by atoms with van der Waals surface area (Å²) in [6.07, 6.45) is 1.40. The molecule has 1 saturated heterocycles. The van der Waals surface area contributed by atoms with E-state index in [2.05, 4.69) is 5.32 Å². The van der Waals surface area contributed by atoms with Crippen LogP contribution in [-0.2, 0) is 11.3 Å². The lowest BCUT2D eigenvalue weighted by molar-refractivity contribution is 0.0198. The molecule has 6 nitrogen and oxygen atoms in total. The van der Waals surface area contributed by atoms with Crippen molar-refractivity contribution in [2.75, 3.05) is 13.1 Å². The summed E-state index contributed by atoms with van der Waals surface area (Å²) in [6.45, 7) is 7.37. The second-order valence-electron chi connectivity index (χ2n) is 6.91. The van der Waals surface area contributed by atoms with Gasteiger partial charge in [0.2, 0.25) is 0 Å². The molecule has 0 atom stereocenters. The SMILES string of the molecule is CC(C)(C)OC(=O)N1CCC(NCc2cccc(O)c2O)CC1. The lowest BCUT2D eigenvalue weighted by Crippen LogP contribution is -2.46. The van der Waals surface area contributed by atoms with Gasteiger partial charge in [0.25, 0.3) is 0 Å². The zero-order valence-electron chi connectivity index (χ0n) is 14.0. The number of nitrogens with one attached hydrogen (secondary N) is 1. The van der Waals surface area contributed by atoms with Gasteiger partial charge in [-0.2, -0.15) is 0 Å². The van der Waals surface area contributed by atoms with Crippen LogP contribution in [0.25, 0.3) is 0 Å². The van der Waals surface area contributed by atoms with Crippen molar-refractivity contribution in [3.05, 3.63) is 23.8 Å². The zero-order valence-corrected chi connectivity index (χ0v) is 14.0. The Morgan fingerprint density at radius 1 is 1.30 bits per heavy atom. The largest absolute Gasteiger partial charge is 0.504 e. The highest BCUT2D eigenvalue weighted by atomic mass is 16.6. The van der Waals surface area contributed by atoms with Gasteiger partial charge < -0.3 is 25.2 Å². The smallest absolute Gasteiger partial charge is 0.410 e. The lowest BCUT2D eigenvalue weighted by atomic mass is 10.0. The van der Waals surface area contributed by atoms with Crippen molar-refractivity contribution < 1.29 is 19.7 Å². The molecular formula is C17H26N2O4. The summed E-state index contributed by atoms with van der Waals surface area (Å²) in [5, 5.41) is 22.6. The van der Waals surface area contributed by atoms with E-state index in [1.807, 2.05) is 20.8 Å². The average molecular weight is 322 g/mol. The maximum atomic E-state index is 12.0. The Morgan fingerprint density at radius 3 is 2.57 bits per heavy atom. The first-order valence-corrected chi connectivity index (χ1v) is 7.97. The minimum Gasteiger partial charge on any atom is -0.504 e. The first kappa shape index (κ1) is 17.4. The molecule has 23 heavy (non-hydrogen) atoms. The average Bonchev–Trinajstić information content (AvgIpc) is 2.47. The molecule has 0 spiro atoms. The Bertz CT molecular complexity index is 546. The molecule has 1 aromatic carbocycles. The fourth-order valence-corrected chi connectivity index (χ4v) is 2.57. The van der Waals surface area contributed by atoms with Crippen LogP contribution in [0.2, 0.25) is 0 Å². The standard InChI is InChI=1S/C17H26N2O4/c1-17(2,3)23-16(22)19-9-7-13(8-10-19)18-11-12-5-4-6-14(20)15(12)21/h4-6,13,18,20-21H,7-11H2,1-3H3. The highest BCUT2D eigenvalue weighted by Crippen LogP contribution is 2.28. The van der Waals surface area contributed by atoms with Crippen LogP contribution in [0.15, 0.2) is 18.2 Å². The number of hydrogen-bond donors (Lipinski definition) is 3. The van der Waals surface area contributed by atoms with Crippen molar-refractivity contribution in [2.45, 2.75) is 51.8 Å². The van der Waals surface area contributed by atoms with E-state index in [1.165, 1.54) is 6.07 Å². The minimum absolute atomic E-state index is 0.0776. The van der Waals surface area contributed by atoms with Gasteiger partial charge in [-0.1, -0.05) is 12.1 Å². The summed E-state index contributed by atoms with van der Waals surface area (Å²) in [4.78, 5) is 13.7. The summed E-state index contributed by atoms with van der Waals surface area (Å²) < 4.78 is 5.38. The predicted molar refractivity (Wildman–Crippen MR) is 87.4 cm³/mol. The summed E-state index contributed by atoms with van der Waals surface area (Å²) in [6, 6.07) is 5.21. The molecule has 1 aliphatic rings. The number of carbonyl (C=O) groups is 1. The van der Waals surface area contributed by atoms with Gasteiger partial charge in [0.15, 0.2) is 11.5 Å². The number of ether oxygens (including phenoxy) is 1. The third kappa shape index (κ3) is 5.03. The highest BCUT2D eigenvalue weighted by Gasteiger charge is 2.26. The zero-order chi connectivity index (χ0) is 17.0. The van der Waals surface area contributed by atoms with E-state index in [4.69, 9.17) is 4.74 Å². The predicted octanol–water partition coefficient (Wildman–Crippen LogP) is 2.59. The van der Waals surface area contributed by atoms with Crippen molar-refractivity contribution in [3.8, 4) is 11.5 Å². The number of aromatic hydroxyl groups is 2. The van der Waals surface area contributed by atoms with Crippen molar-refractivity contribution in [1.82, 2.24) is 10.2 Å². The molecule has 2 rings (SSSR count). The van der Waals surface area contributed by atoms with Crippen molar-refractivity contribution in [1.29, 1.82) is 0 Å². The van der Waals surface area contributed by atoms with Crippen molar-refractivity contribution in [2.24, 2.45) is 0 Å². The van der Waals surface area contributed by atoms with Crippen LogP contribution in [0.1, 0.15) is 39.2 Å². The number of phenolic OH excluding ortho intramolecular Hbond substituents is 2. The van der Waals surface area contributed by atoms with Gasteiger partial charge >= 0.3 is 6.09 Å². The summed E-state index contributed by atoms with van der Waals surface area (Å²) in [7, 11) is 0. The number of amides is 1. The third-order valence-corrected chi connectivity index (χ3v) is 3.83. The Kier molecular flexibility index (Phi) is 5.36. The quantitative estimate of drug-likeness (QED) is 0.745.